The van der Waals surface area contributed by atoms with E-state index in [1.165, 1.54) is 17.7 Å². The predicted molar refractivity (Wildman–Crippen MR) is 93.6 cm³/mol. The van der Waals surface area contributed by atoms with Crippen LogP contribution in [0, 0.1) is 12.8 Å². The Bertz CT molecular complexity index is 743. The van der Waals surface area contributed by atoms with Crippen LogP contribution >= 0.6 is 0 Å². The fraction of sp³-hybridized carbons (Fsp3) is 0.474. The number of aromatic nitrogens is 2. The van der Waals surface area contributed by atoms with Crippen LogP contribution in [-0.2, 0) is 12.8 Å². The summed E-state index contributed by atoms with van der Waals surface area (Å²) >= 11 is 0. The molecule has 2 aromatic rings. The lowest BCUT2D eigenvalue weighted by Crippen LogP contribution is -2.48. The largest absolute Gasteiger partial charge is 0.350 e. The zero-order valence-corrected chi connectivity index (χ0v) is 14.1. The number of fused-ring (bicyclic) bond motifs is 1. The lowest BCUT2D eigenvalue weighted by molar-refractivity contribution is 0.0935. The van der Waals surface area contributed by atoms with Gasteiger partial charge in [-0.25, -0.2) is 4.68 Å². The molecular weight excluding hydrogens is 300 g/mol. The van der Waals surface area contributed by atoms with Gasteiger partial charge >= 0.3 is 0 Å². The van der Waals surface area contributed by atoms with Gasteiger partial charge in [0.1, 0.15) is 0 Å². The maximum Gasteiger partial charge on any atom is 0.272 e. The molecule has 0 saturated carbocycles. The normalized spacial score (nSPS) is 17.2. The van der Waals surface area contributed by atoms with Crippen molar-refractivity contribution < 1.29 is 4.79 Å². The molecular formula is C19H24N4O. The monoisotopic (exact) mass is 324 g/mol. The minimum absolute atomic E-state index is 0.0223. The van der Waals surface area contributed by atoms with Gasteiger partial charge in [-0.2, -0.15) is 5.10 Å². The van der Waals surface area contributed by atoms with Crippen LogP contribution in [0.4, 0.5) is 0 Å². The second-order valence-corrected chi connectivity index (χ2v) is 6.96. The van der Waals surface area contributed by atoms with Gasteiger partial charge in [-0.1, -0.05) is 17.7 Å². The van der Waals surface area contributed by atoms with Crippen LogP contribution in [0.5, 0.6) is 0 Å². The SMILES string of the molecule is Cc1ccc(-n2nc(C(=O)NCC3CNC3)c3c2CCCC3)cc1. The van der Waals surface area contributed by atoms with E-state index in [9.17, 15) is 4.79 Å². The van der Waals surface area contributed by atoms with Gasteiger partial charge in [0.25, 0.3) is 5.91 Å². The number of hydrogen-bond donors (Lipinski definition) is 2. The van der Waals surface area contributed by atoms with E-state index in [0.717, 1.165) is 50.1 Å². The summed E-state index contributed by atoms with van der Waals surface area (Å²) in [5, 5.41) is 11.0. The zero-order chi connectivity index (χ0) is 16.5. The van der Waals surface area contributed by atoms with Crippen molar-refractivity contribution >= 4 is 5.91 Å². The van der Waals surface area contributed by atoms with Gasteiger partial charge in [0.05, 0.1) is 5.69 Å². The number of hydrogen-bond acceptors (Lipinski definition) is 3. The molecule has 1 aliphatic carbocycles. The summed E-state index contributed by atoms with van der Waals surface area (Å²) in [7, 11) is 0. The summed E-state index contributed by atoms with van der Waals surface area (Å²) in [6.07, 6.45) is 4.25. The molecule has 0 atom stereocenters. The fourth-order valence-electron chi connectivity index (χ4n) is 3.49. The van der Waals surface area contributed by atoms with Crippen molar-refractivity contribution in [2.75, 3.05) is 19.6 Å². The van der Waals surface area contributed by atoms with Crippen LogP contribution in [0.25, 0.3) is 5.69 Å². The number of nitrogens with zero attached hydrogens (tertiary/aromatic N) is 2. The van der Waals surface area contributed by atoms with Crippen LogP contribution in [0.15, 0.2) is 24.3 Å². The maximum atomic E-state index is 12.7. The number of benzene rings is 1. The second-order valence-electron chi connectivity index (χ2n) is 6.96. The van der Waals surface area contributed by atoms with E-state index in [2.05, 4.69) is 41.8 Å². The molecule has 5 heteroatoms. The minimum atomic E-state index is -0.0223. The van der Waals surface area contributed by atoms with E-state index in [0.29, 0.717) is 11.6 Å². The quantitative estimate of drug-likeness (QED) is 0.904. The summed E-state index contributed by atoms with van der Waals surface area (Å²) in [6, 6.07) is 8.35. The van der Waals surface area contributed by atoms with E-state index in [1.807, 2.05) is 4.68 Å². The third-order valence-electron chi connectivity index (χ3n) is 5.09. The highest BCUT2D eigenvalue weighted by Gasteiger charge is 2.26. The number of carbonyl (C=O) groups excluding carboxylic acids is 1. The van der Waals surface area contributed by atoms with Crippen molar-refractivity contribution in [3.05, 3.63) is 46.8 Å². The first-order valence-electron chi connectivity index (χ1n) is 8.89. The summed E-state index contributed by atoms with van der Waals surface area (Å²) in [5.74, 6) is 0.537. The molecule has 0 radical (unpaired) electrons. The van der Waals surface area contributed by atoms with Crippen molar-refractivity contribution in [1.29, 1.82) is 0 Å². The topological polar surface area (TPSA) is 59.0 Å². The Hall–Kier alpha value is -2.14. The fourth-order valence-corrected chi connectivity index (χ4v) is 3.49. The molecule has 0 unspecified atom stereocenters. The Morgan fingerprint density at radius 3 is 2.71 bits per heavy atom. The number of amides is 1. The Kier molecular flexibility index (Phi) is 4.10. The molecule has 24 heavy (non-hydrogen) atoms. The summed E-state index contributed by atoms with van der Waals surface area (Å²) in [6.45, 7) is 4.81. The third-order valence-corrected chi connectivity index (χ3v) is 5.09. The molecule has 1 aromatic heterocycles. The Morgan fingerprint density at radius 1 is 1.25 bits per heavy atom. The van der Waals surface area contributed by atoms with Gasteiger partial charge in [0.2, 0.25) is 0 Å². The van der Waals surface area contributed by atoms with E-state index in [4.69, 9.17) is 5.10 Å². The molecule has 1 fully saturated rings. The first kappa shape index (κ1) is 15.4. The average Bonchev–Trinajstić information content (AvgIpc) is 2.94. The lowest BCUT2D eigenvalue weighted by Gasteiger charge is -2.27. The highest BCUT2D eigenvalue weighted by Crippen LogP contribution is 2.27. The van der Waals surface area contributed by atoms with Crippen LogP contribution < -0.4 is 10.6 Å². The molecule has 126 valence electrons. The summed E-state index contributed by atoms with van der Waals surface area (Å²) in [4.78, 5) is 12.7. The van der Waals surface area contributed by atoms with Crippen LogP contribution in [-0.4, -0.2) is 35.3 Å². The van der Waals surface area contributed by atoms with Crippen LogP contribution in [0.3, 0.4) is 0 Å². The average molecular weight is 324 g/mol. The molecule has 1 aliphatic heterocycles. The van der Waals surface area contributed by atoms with Gasteiger partial charge in [-0.15, -0.1) is 0 Å². The smallest absolute Gasteiger partial charge is 0.272 e. The molecule has 2 N–H and O–H groups in total. The van der Waals surface area contributed by atoms with E-state index < -0.39 is 0 Å². The molecule has 1 aromatic carbocycles. The number of rotatable bonds is 4. The minimum Gasteiger partial charge on any atom is -0.350 e. The van der Waals surface area contributed by atoms with Crippen LogP contribution in [0.2, 0.25) is 0 Å². The van der Waals surface area contributed by atoms with Crippen molar-refractivity contribution in [3.63, 3.8) is 0 Å². The molecule has 2 heterocycles. The van der Waals surface area contributed by atoms with Crippen molar-refractivity contribution in [3.8, 4) is 5.69 Å². The van der Waals surface area contributed by atoms with E-state index in [1.54, 1.807) is 0 Å². The predicted octanol–water partition coefficient (Wildman–Crippen LogP) is 2.01. The van der Waals surface area contributed by atoms with E-state index in [-0.39, 0.29) is 5.91 Å². The summed E-state index contributed by atoms with van der Waals surface area (Å²) < 4.78 is 1.98. The molecule has 0 bridgehead atoms. The van der Waals surface area contributed by atoms with Crippen molar-refractivity contribution in [2.45, 2.75) is 32.6 Å². The molecule has 5 nitrogen and oxygen atoms in total. The zero-order valence-electron chi connectivity index (χ0n) is 14.1. The van der Waals surface area contributed by atoms with Gasteiger partial charge in [0.15, 0.2) is 5.69 Å². The third kappa shape index (κ3) is 2.84. The molecule has 4 rings (SSSR count). The molecule has 1 amide bonds. The summed E-state index contributed by atoms with van der Waals surface area (Å²) in [5.41, 5.74) is 5.25. The maximum absolute atomic E-state index is 12.7. The van der Waals surface area contributed by atoms with Crippen molar-refractivity contribution in [2.24, 2.45) is 5.92 Å². The molecule has 1 saturated heterocycles. The van der Waals surface area contributed by atoms with Gasteiger partial charge in [-0.3, -0.25) is 4.79 Å². The highest BCUT2D eigenvalue weighted by atomic mass is 16.2. The Balaban J connectivity index is 1.64. The molecule has 2 aliphatic rings. The first-order valence-corrected chi connectivity index (χ1v) is 8.89. The standard InChI is InChI=1S/C19H24N4O/c1-13-6-8-15(9-7-13)23-17-5-3-2-4-16(17)18(22-23)19(24)21-12-14-10-20-11-14/h6-9,14,20H,2-5,10-12H2,1H3,(H,21,24). The van der Waals surface area contributed by atoms with Crippen LogP contribution in [0.1, 0.15) is 40.2 Å². The van der Waals surface area contributed by atoms with Gasteiger partial charge < -0.3 is 10.6 Å². The first-order chi connectivity index (χ1) is 11.7. The number of aryl methyl sites for hydroxylation is 1. The lowest BCUT2D eigenvalue weighted by atomic mass is 9.95. The van der Waals surface area contributed by atoms with Crippen molar-refractivity contribution in [1.82, 2.24) is 20.4 Å². The number of nitrogens with one attached hydrogen (secondary N) is 2. The highest BCUT2D eigenvalue weighted by molar-refractivity contribution is 5.94. The molecule has 0 spiro atoms. The number of carbonyl (C=O) groups is 1. The Labute approximate surface area is 142 Å². The second kappa shape index (κ2) is 6.40. The van der Waals surface area contributed by atoms with Gasteiger partial charge in [0, 0.05) is 36.8 Å². The Morgan fingerprint density at radius 2 is 2.00 bits per heavy atom. The van der Waals surface area contributed by atoms with E-state index >= 15 is 0 Å². The van der Waals surface area contributed by atoms with Gasteiger partial charge in [-0.05, 0) is 44.7 Å².